The van der Waals surface area contributed by atoms with E-state index in [1.54, 1.807) is 0 Å². The minimum atomic E-state index is 0.121. The van der Waals surface area contributed by atoms with Gasteiger partial charge >= 0.3 is 0 Å². The normalized spacial score (nSPS) is 17.9. The molecule has 0 aliphatic heterocycles. The van der Waals surface area contributed by atoms with Gasteiger partial charge in [0, 0.05) is 24.3 Å². The van der Waals surface area contributed by atoms with Gasteiger partial charge in [0.05, 0.1) is 0 Å². The van der Waals surface area contributed by atoms with E-state index in [0.717, 1.165) is 5.92 Å². The van der Waals surface area contributed by atoms with Gasteiger partial charge in [0.25, 0.3) is 0 Å². The highest BCUT2D eigenvalue weighted by atomic mass is 15.0. The summed E-state index contributed by atoms with van der Waals surface area (Å²) in [4.78, 5) is 0. The lowest BCUT2D eigenvalue weighted by Gasteiger charge is -2.07. The number of fused-ring (bicyclic) bond motifs is 1. The highest BCUT2D eigenvalue weighted by Gasteiger charge is 2.21. The monoisotopic (exact) mass is 214 g/mol. The maximum atomic E-state index is 5.90. The summed E-state index contributed by atoms with van der Waals surface area (Å²) in [5.74, 6) is 0.920. The van der Waals surface area contributed by atoms with Gasteiger partial charge in [-0.1, -0.05) is 6.07 Å². The Labute approximate surface area is 96.1 Å². The van der Waals surface area contributed by atoms with Crippen molar-refractivity contribution in [2.75, 3.05) is 0 Å². The lowest BCUT2D eigenvalue weighted by atomic mass is 10.1. The molecule has 1 unspecified atom stereocenters. The first-order chi connectivity index (χ1) is 7.74. The zero-order chi connectivity index (χ0) is 11.1. The molecule has 3 rings (SSSR count). The van der Waals surface area contributed by atoms with Crippen LogP contribution in [0.3, 0.4) is 0 Å². The van der Waals surface area contributed by atoms with Gasteiger partial charge in [-0.2, -0.15) is 0 Å². The SMILES string of the molecule is CC(N)c1ccc2c(ccn2CC2CC2)c1. The van der Waals surface area contributed by atoms with E-state index in [1.165, 1.54) is 35.9 Å². The van der Waals surface area contributed by atoms with Crippen molar-refractivity contribution in [3.8, 4) is 0 Å². The van der Waals surface area contributed by atoms with Crippen LogP contribution in [-0.2, 0) is 6.54 Å². The molecule has 1 fully saturated rings. The lowest BCUT2D eigenvalue weighted by Crippen LogP contribution is -2.04. The molecule has 1 aliphatic rings. The fourth-order valence-corrected chi connectivity index (χ4v) is 2.24. The van der Waals surface area contributed by atoms with E-state index in [4.69, 9.17) is 5.73 Å². The maximum absolute atomic E-state index is 5.90. The van der Waals surface area contributed by atoms with E-state index in [-0.39, 0.29) is 6.04 Å². The number of hydrogen-bond donors (Lipinski definition) is 1. The molecule has 0 bridgehead atoms. The molecule has 2 N–H and O–H groups in total. The van der Waals surface area contributed by atoms with Gasteiger partial charge in [0.2, 0.25) is 0 Å². The van der Waals surface area contributed by atoms with Crippen molar-refractivity contribution in [2.24, 2.45) is 11.7 Å². The summed E-state index contributed by atoms with van der Waals surface area (Å²) in [5, 5.41) is 1.32. The molecule has 1 atom stereocenters. The average molecular weight is 214 g/mol. The fourth-order valence-electron chi connectivity index (χ4n) is 2.24. The third-order valence-corrected chi connectivity index (χ3v) is 3.47. The highest BCUT2D eigenvalue weighted by molar-refractivity contribution is 5.81. The van der Waals surface area contributed by atoms with Crippen molar-refractivity contribution >= 4 is 10.9 Å². The van der Waals surface area contributed by atoms with Crippen LogP contribution >= 0.6 is 0 Å². The second-order valence-electron chi connectivity index (χ2n) is 5.02. The fraction of sp³-hybridized carbons (Fsp3) is 0.429. The van der Waals surface area contributed by atoms with Gasteiger partial charge in [-0.3, -0.25) is 0 Å². The highest BCUT2D eigenvalue weighted by Crippen LogP contribution is 2.32. The molecule has 0 amide bonds. The molecule has 1 heterocycles. The van der Waals surface area contributed by atoms with Crippen molar-refractivity contribution in [3.05, 3.63) is 36.0 Å². The predicted molar refractivity (Wildman–Crippen MR) is 67.3 cm³/mol. The van der Waals surface area contributed by atoms with Crippen LogP contribution in [0.1, 0.15) is 31.4 Å². The van der Waals surface area contributed by atoms with Crippen molar-refractivity contribution in [1.82, 2.24) is 4.57 Å². The van der Waals surface area contributed by atoms with Gasteiger partial charge < -0.3 is 10.3 Å². The van der Waals surface area contributed by atoms with Crippen molar-refractivity contribution in [1.29, 1.82) is 0 Å². The van der Waals surface area contributed by atoms with Gasteiger partial charge in [0.1, 0.15) is 0 Å². The molecule has 84 valence electrons. The summed E-state index contributed by atoms with van der Waals surface area (Å²) in [7, 11) is 0. The number of benzene rings is 1. The summed E-state index contributed by atoms with van der Waals surface area (Å²) in [5.41, 5.74) is 8.46. The number of rotatable bonds is 3. The van der Waals surface area contributed by atoms with Crippen molar-refractivity contribution < 1.29 is 0 Å². The first kappa shape index (κ1) is 9.91. The standard InChI is InChI=1S/C14H18N2/c1-10(15)12-4-5-14-13(8-12)6-7-16(14)9-11-2-3-11/h4-8,10-11H,2-3,9,15H2,1H3. The molecule has 2 aromatic rings. The minimum absolute atomic E-state index is 0.121. The topological polar surface area (TPSA) is 30.9 Å². The molecular weight excluding hydrogens is 196 g/mol. The zero-order valence-electron chi connectivity index (χ0n) is 9.69. The first-order valence-electron chi connectivity index (χ1n) is 6.08. The van der Waals surface area contributed by atoms with Crippen LogP contribution in [0.15, 0.2) is 30.5 Å². The Hall–Kier alpha value is -1.28. The summed E-state index contributed by atoms with van der Waals surface area (Å²) < 4.78 is 2.37. The number of hydrogen-bond acceptors (Lipinski definition) is 1. The quantitative estimate of drug-likeness (QED) is 0.836. The molecule has 2 heteroatoms. The lowest BCUT2D eigenvalue weighted by molar-refractivity contribution is 0.647. The van der Waals surface area contributed by atoms with E-state index in [1.807, 2.05) is 6.92 Å². The minimum Gasteiger partial charge on any atom is -0.347 e. The molecule has 1 aromatic carbocycles. The van der Waals surface area contributed by atoms with Crippen molar-refractivity contribution in [2.45, 2.75) is 32.4 Å². The third kappa shape index (κ3) is 1.74. The second kappa shape index (κ2) is 3.63. The van der Waals surface area contributed by atoms with Gasteiger partial charge in [0.15, 0.2) is 0 Å². The van der Waals surface area contributed by atoms with Gasteiger partial charge in [-0.15, -0.1) is 0 Å². The molecule has 1 saturated carbocycles. The van der Waals surface area contributed by atoms with Gasteiger partial charge in [-0.25, -0.2) is 0 Å². The Bertz CT molecular complexity index is 506. The van der Waals surface area contributed by atoms with Crippen LogP contribution in [0.2, 0.25) is 0 Å². The molecule has 1 aliphatic carbocycles. The van der Waals surface area contributed by atoms with E-state index >= 15 is 0 Å². The largest absolute Gasteiger partial charge is 0.347 e. The molecule has 0 radical (unpaired) electrons. The Kier molecular flexibility index (Phi) is 2.25. The molecular formula is C14H18N2. The van der Waals surface area contributed by atoms with Crippen LogP contribution in [-0.4, -0.2) is 4.57 Å². The van der Waals surface area contributed by atoms with Crippen LogP contribution in [0.4, 0.5) is 0 Å². The smallest absolute Gasteiger partial charge is 0.0480 e. The Morgan fingerprint density at radius 2 is 2.19 bits per heavy atom. The molecule has 16 heavy (non-hydrogen) atoms. The molecule has 2 nitrogen and oxygen atoms in total. The number of nitrogens with two attached hydrogens (primary N) is 1. The van der Waals surface area contributed by atoms with E-state index in [2.05, 4.69) is 35.0 Å². The van der Waals surface area contributed by atoms with E-state index in [9.17, 15) is 0 Å². The summed E-state index contributed by atoms with van der Waals surface area (Å²) in [6.07, 6.45) is 5.00. The molecule has 0 saturated heterocycles. The van der Waals surface area contributed by atoms with Crippen LogP contribution in [0, 0.1) is 5.92 Å². The maximum Gasteiger partial charge on any atom is 0.0480 e. The van der Waals surface area contributed by atoms with Crippen LogP contribution < -0.4 is 5.73 Å². The van der Waals surface area contributed by atoms with Gasteiger partial charge in [-0.05, 0) is 54.8 Å². The van der Waals surface area contributed by atoms with E-state index in [0.29, 0.717) is 0 Å². The summed E-state index contributed by atoms with van der Waals surface area (Å²) >= 11 is 0. The number of aromatic nitrogens is 1. The van der Waals surface area contributed by atoms with Crippen LogP contribution in [0.25, 0.3) is 10.9 Å². The third-order valence-electron chi connectivity index (χ3n) is 3.47. The summed E-state index contributed by atoms with van der Waals surface area (Å²) in [6.45, 7) is 3.21. The Morgan fingerprint density at radius 1 is 1.38 bits per heavy atom. The predicted octanol–water partition coefficient (Wildman–Crippen LogP) is 3.07. The molecule has 0 spiro atoms. The zero-order valence-corrected chi connectivity index (χ0v) is 9.69. The average Bonchev–Trinajstić information content (AvgIpc) is 2.99. The first-order valence-corrected chi connectivity index (χ1v) is 6.08. The van der Waals surface area contributed by atoms with Crippen molar-refractivity contribution in [3.63, 3.8) is 0 Å². The van der Waals surface area contributed by atoms with Crippen LogP contribution in [0.5, 0.6) is 0 Å². The Balaban J connectivity index is 1.99. The van der Waals surface area contributed by atoms with E-state index < -0.39 is 0 Å². The number of nitrogens with zero attached hydrogens (tertiary/aromatic N) is 1. The molecule has 1 aromatic heterocycles. The Morgan fingerprint density at radius 3 is 2.88 bits per heavy atom. The second-order valence-corrected chi connectivity index (χ2v) is 5.02. The summed E-state index contributed by atoms with van der Waals surface area (Å²) in [6, 6.07) is 8.89.